The molecular formula is C30H36FNO. The average Bonchev–Trinajstić information content (AvgIpc) is 3.13. The molecular weight excluding hydrogens is 409 g/mol. The summed E-state index contributed by atoms with van der Waals surface area (Å²) in [5.74, 6) is 3.57. The third-order valence-corrected chi connectivity index (χ3v) is 10.8. The molecule has 0 spiro atoms. The number of nitrogens with zero attached hydrogens (tertiary/aromatic N) is 1. The molecule has 2 aromatic rings. The Morgan fingerprint density at radius 3 is 2.64 bits per heavy atom. The topological polar surface area (TPSA) is 30.0 Å². The fourth-order valence-corrected chi connectivity index (χ4v) is 8.97. The van der Waals surface area contributed by atoms with E-state index >= 15 is 4.39 Å². The van der Waals surface area contributed by atoms with E-state index in [1.54, 1.807) is 12.3 Å². The Bertz CT molecular complexity index is 1070. The second-order valence-electron chi connectivity index (χ2n) is 12.0. The van der Waals surface area contributed by atoms with Crippen molar-refractivity contribution in [3.8, 4) is 11.3 Å². The number of halogens is 1. The normalized spacial score (nSPS) is 40.1. The summed E-state index contributed by atoms with van der Waals surface area (Å²) in [6.45, 7) is 4.84. The van der Waals surface area contributed by atoms with Gasteiger partial charge in [-0.15, -0.1) is 0 Å². The zero-order chi connectivity index (χ0) is 22.8. The van der Waals surface area contributed by atoms with Crippen LogP contribution in [0.5, 0.6) is 0 Å². The predicted molar refractivity (Wildman–Crippen MR) is 129 cm³/mol. The summed E-state index contributed by atoms with van der Waals surface area (Å²) in [6, 6.07) is 11.4. The van der Waals surface area contributed by atoms with Crippen LogP contribution in [0, 0.1) is 40.3 Å². The van der Waals surface area contributed by atoms with Crippen LogP contribution in [0.2, 0.25) is 0 Å². The van der Waals surface area contributed by atoms with Crippen molar-refractivity contribution in [2.24, 2.45) is 34.5 Å². The van der Waals surface area contributed by atoms with Gasteiger partial charge in [0, 0.05) is 23.6 Å². The Balaban J connectivity index is 1.28. The zero-order valence-electron chi connectivity index (χ0n) is 20.0. The highest BCUT2D eigenvalue weighted by atomic mass is 19.1. The van der Waals surface area contributed by atoms with Crippen molar-refractivity contribution in [3.63, 3.8) is 0 Å². The van der Waals surface area contributed by atoms with Crippen molar-refractivity contribution in [1.82, 2.24) is 4.98 Å². The lowest BCUT2D eigenvalue weighted by atomic mass is 9.44. The number of hydrogen-bond donors (Lipinski definition) is 0. The van der Waals surface area contributed by atoms with Crippen LogP contribution in [0.1, 0.15) is 83.1 Å². The molecule has 4 saturated carbocycles. The predicted octanol–water partition coefficient (Wildman–Crippen LogP) is 7.58. The molecule has 174 valence electrons. The van der Waals surface area contributed by atoms with Crippen molar-refractivity contribution in [2.75, 3.05) is 0 Å². The number of carbonyl (C=O) groups excluding carboxylic acids is 1. The third-order valence-electron chi connectivity index (χ3n) is 10.8. The van der Waals surface area contributed by atoms with Crippen LogP contribution < -0.4 is 0 Å². The molecule has 2 unspecified atom stereocenters. The Labute approximate surface area is 197 Å². The molecule has 4 aliphatic rings. The van der Waals surface area contributed by atoms with E-state index in [-0.39, 0.29) is 11.2 Å². The van der Waals surface area contributed by atoms with Gasteiger partial charge in [0.25, 0.3) is 0 Å². The summed E-state index contributed by atoms with van der Waals surface area (Å²) in [5.41, 5.74) is 2.93. The van der Waals surface area contributed by atoms with Gasteiger partial charge in [-0.3, -0.25) is 9.78 Å². The summed E-state index contributed by atoms with van der Waals surface area (Å²) in [6.07, 6.45) is 12.1. The van der Waals surface area contributed by atoms with E-state index in [1.165, 1.54) is 25.7 Å². The van der Waals surface area contributed by atoms with Gasteiger partial charge in [0.05, 0.1) is 5.69 Å². The maximum atomic E-state index is 15.0. The van der Waals surface area contributed by atoms with E-state index in [1.807, 2.05) is 24.3 Å². The van der Waals surface area contributed by atoms with Crippen LogP contribution in [0.3, 0.4) is 0 Å². The van der Waals surface area contributed by atoms with E-state index in [9.17, 15) is 4.79 Å². The molecule has 7 atom stereocenters. The molecule has 1 heterocycles. The molecule has 0 radical (unpaired) electrons. The van der Waals surface area contributed by atoms with Crippen molar-refractivity contribution >= 4 is 5.78 Å². The number of pyridine rings is 1. The standard InChI is InChI=1S/C30H36FNO/c1-29-15-13-19(21-6-5-7-25(31)28(21)26-8-3-4-17-32-26)18-20(29)9-10-22-23-11-12-27(33)30(23,2)16-14-24(22)29/h3-8,17,19-20,22-24H,9-16,18H2,1-2H3/t19?,20?,22-,23-,24-,29-,30-/m0/s1. The van der Waals surface area contributed by atoms with Crippen LogP contribution in [0.15, 0.2) is 42.6 Å². The third kappa shape index (κ3) is 3.17. The molecule has 1 aromatic heterocycles. The van der Waals surface area contributed by atoms with Gasteiger partial charge in [0.2, 0.25) is 0 Å². The Hall–Kier alpha value is -2.03. The van der Waals surface area contributed by atoms with Gasteiger partial charge in [-0.2, -0.15) is 0 Å². The molecule has 4 aliphatic carbocycles. The number of benzene rings is 1. The summed E-state index contributed by atoms with van der Waals surface area (Å²) in [4.78, 5) is 17.2. The van der Waals surface area contributed by atoms with Gasteiger partial charge in [-0.05, 0) is 110 Å². The van der Waals surface area contributed by atoms with E-state index in [4.69, 9.17) is 0 Å². The number of ketones is 1. The molecule has 1 aromatic carbocycles. The first-order chi connectivity index (χ1) is 15.9. The van der Waals surface area contributed by atoms with Crippen LogP contribution >= 0.6 is 0 Å². The van der Waals surface area contributed by atoms with Crippen molar-refractivity contribution in [3.05, 3.63) is 54.0 Å². The van der Waals surface area contributed by atoms with Gasteiger partial charge >= 0.3 is 0 Å². The highest BCUT2D eigenvalue weighted by Gasteiger charge is 2.60. The molecule has 3 heteroatoms. The number of aromatic nitrogens is 1. The van der Waals surface area contributed by atoms with E-state index in [0.29, 0.717) is 34.5 Å². The quantitative estimate of drug-likeness (QED) is 0.477. The summed E-state index contributed by atoms with van der Waals surface area (Å²) < 4.78 is 15.0. The second kappa shape index (κ2) is 7.75. The molecule has 2 nitrogen and oxygen atoms in total. The molecule has 6 rings (SSSR count). The van der Waals surface area contributed by atoms with Crippen LogP contribution in [0.25, 0.3) is 11.3 Å². The summed E-state index contributed by atoms with van der Waals surface area (Å²) in [5, 5.41) is 0. The van der Waals surface area contributed by atoms with Crippen LogP contribution in [-0.2, 0) is 4.79 Å². The van der Waals surface area contributed by atoms with Crippen molar-refractivity contribution in [1.29, 1.82) is 0 Å². The Morgan fingerprint density at radius 2 is 1.82 bits per heavy atom. The highest BCUT2D eigenvalue weighted by molar-refractivity contribution is 5.87. The smallest absolute Gasteiger partial charge is 0.139 e. The molecule has 0 bridgehead atoms. The first-order valence-corrected chi connectivity index (χ1v) is 13.1. The van der Waals surface area contributed by atoms with Gasteiger partial charge < -0.3 is 0 Å². The molecule has 4 fully saturated rings. The fraction of sp³-hybridized carbons (Fsp3) is 0.600. The van der Waals surface area contributed by atoms with E-state index in [0.717, 1.165) is 55.2 Å². The SMILES string of the molecule is C[C@]12CCC(c3cccc(F)c3-c3ccccn3)CC1CC[C@@H]1[C@@H]2CC[C@]2(C)C(=O)CC[C@@H]12. The lowest BCUT2D eigenvalue weighted by molar-refractivity contribution is -0.139. The monoisotopic (exact) mass is 445 g/mol. The number of rotatable bonds is 2. The fourth-order valence-electron chi connectivity index (χ4n) is 8.97. The van der Waals surface area contributed by atoms with Crippen LogP contribution in [0.4, 0.5) is 4.39 Å². The minimum atomic E-state index is -0.152. The van der Waals surface area contributed by atoms with Crippen molar-refractivity contribution in [2.45, 2.75) is 77.6 Å². The lowest BCUT2D eigenvalue weighted by Crippen LogP contribution is -2.53. The Morgan fingerprint density at radius 1 is 0.939 bits per heavy atom. The van der Waals surface area contributed by atoms with Gasteiger partial charge in [0.1, 0.15) is 11.6 Å². The van der Waals surface area contributed by atoms with Crippen molar-refractivity contribution < 1.29 is 9.18 Å². The van der Waals surface area contributed by atoms with Crippen LogP contribution in [-0.4, -0.2) is 10.8 Å². The molecule has 0 saturated heterocycles. The van der Waals surface area contributed by atoms with Gasteiger partial charge in [-0.25, -0.2) is 4.39 Å². The molecule has 0 amide bonds. The minimum absolute atomic E-state index is 0.0410. The number of Topliss-reactive ketones (excluding diaryl/α,β-unsaturated/α-hetero) is 1. The average molecular weight is 446 g/mol. The maximum absolute atomic E-state index is 15.0. The lowest BCUT2D eigenvalue weighted by Gasteiger charge is -2.60. The first-order valence-electron chi connectivity index (χ1n) is 13.1. The molecule has 33 heavy (non-hydrogen) atoms. The number of fused-ring (bicyclic) bond motifs is 5. The minimum Gasteiger partial charge on any atom is -0.299 e. The van der Waals surface area contributed by atoms with E-state index in [2.05, 4.69) is 24.9 Å². The van der Waals surface area contributed by atoms with E-state index < -0.39 is 0 Å². The Kier molecular flexibility index (Phi) is 5.05. The molecule has 0 aliphatic heterocycles. The summed E-state index contributed by atoms with van der Waals surface area (Å²) in [7, 11) is 0. The summed E-state index contributed by atoms with van der Waals surface area (Å²) >= 11 is 0. The zero-order valence-corrected chi connectivity index (χ0v) is 20.0. The largest absolute Gasteiger partial charge is 0.299 e. The molecule has 0 N–H and O–H groups in total. The second-order valence-corrected chi connectivity index (χ2v) is 12.0. The maximum Gasteiger partial charge on any atom is 0.139 e. The number of hydrogen-bond acceptors (Lipinski definition) is 2. The number of carbonyl (C=O) groups is 1. The first kappa shape index (κ1) is 21.5. The highest BCUT2D eigenvalue weighted by Crippen LogP contribution is 2.66. The van der Waals surface area contributed by atoms with Gasteiger partial charge in [0.15, 0.2) is 0 Å². The van der Waals surface area contributed by atoms with Gasteiger partial charge in [-0.1, -0.05) is 32.0 Å².